The normalized spacial score (nSPS) is 10.4. The van der Waals surface area contributed by atoms with E-state index in [1.165, 1.54) is 6.08 Å². The van der Waals surface area contributed by atoms with Gasteiger partial charge in [0.2, 0.25) is 0 Å². The maximum Gasteiger partial charge on any atom is 0.269 e. The lowest BCUT2D eigenvalue weighted by Crippen LogP contribution is -2.24. The van der Waals surface area contributed by atoms with Crippen LogP contribution in [0.5, 0.6) is 0 Å². The molecule has 0 atom stereocenters. The number of hydroxylamine groups is 2. The van der Waals surface area contributed by atoms with Crippen LogP contribution in [0.25, 0.3) is 6.08 Å². The molecule has 74 valence electrons. The summed E-state index contributed by atoms with van der Waals surface area (Å²) in [6, 6.07) is 9.46. The van der Waals surface area contributed by atoms with Crippen LogP contribution in [-0.4, -0.2) is 22.7 Å². The first kappa shape index (κ1) is 10.5. The molecule has 0 aromatic heterocycles. The first-order valence-corrected chi connectivity index (χ1v) is 4.47. The van der Waals surface area contributed by atoms with Crippen molar-refractivity contribution in [2.24, 2.45) is 0 Å². The molecule has 0 saturated carbocycles. The summed E-state index contributed by atoms with van der Waals surface area (Å²) >= 11 is 0. The summed E-state index contributed by atoms with van der Waals surface area (Å²) in [7, 11) is 0. The van der Waals surface area contributed by atoms with Crippen molar-refractivity contribution >= 4 is 12.0 Å². The van der Waals surface area contributed by atoms with Gasteiger partial charge in [0, 0.05) is 12.6 Å². The van der Waals surface area contributed by atoms with Crippen LogP contribution in [0.4, 0.5) is 0 Å². The highest BCUT2D eigenvalue weighted by Gasteiger charge is 2.02. The number of amides is 1. The SMILES string of the molecule is CCN(O)C(=O)/C=C/c1ccccc1. The Hall–Kier alpha value is -1.61. The number of likely N-dealkylation sites (N-methyl/N-ethyl adjacent to an activating group) is 1. The van der Waals surface area contributed by atoms with Gasteiger partial charge in [0.1, 0.15) is 0 Å². The third kappa shape index (κ3) is 3.03. The maximum absolute atomic E-state index is 11.1. The Bertz CT molecular complexity index is 319. The second-order valence-corrected chi connectivity index (χ2v) is 2.80. The molecule has 3 nitrogen and oxygen atoms in total. The Morgan fingerprint density at radius 1 is 1.43 bits per heavy atom. The van der Waals surface area contributed by atoms with Crippen molar-refractivity contribution in [2.75, 3.05) is 6.54 Å². The fraction of sp³-hybridized carbons (Fsp3) is 0.182. The molecule has 0 aliphatic heterocycles. The third-order valence-electron chi connectivity index (χ3n) is 1.77. The lowest BCUT2D eigenvalue weighted by Gasteiger charge is -2.07. The van der Waals surface area contributed by atoms with Crippen LogP contribution in [0.1, 0.15) is 12.5 Å². The molecule has 0 bridgehead atoms. The van der Waals surface area contributed by atoms with Crippen LogP contribution in [0.15, 0.2) is 36.4 Å². The second-order valence-electron chi connectivity index (χ2n) is 2.80. The molecule has 14 heavy (non-hydrogen) atoms. The van der Waals surface area contributed by atoms with Gasteiger partial charge in [0.05, 0.1) is 0 Å². The molecule has 1 rings (SSSR count). The molecule has 3 heteroatoms. The summed E-state index contributed by atoms with van der Waals surface area (Å²) in [5.74, 6) is -0.406. The molecular formula is C11H13NO2. The number of carbonyl (C=O) groups is 1. The van der Waals surface area contributed by atoms with E-state index in [9.17, 15) is 4.79 Å². The van der Waals surface area contributed by atoms with Crippen LogP contribution in [0.2, 0.25) is 0 Å². The first-order valence-electron chi connectivity index (χ1n) is 4.47. The van der Waals surface area contributed by atoms with Gasteiger partial charge in [-0.15, -0.1) is 0 Å². The zero-order chi connectivity index (χ0) is 10.4. The average molecular weight is 191 g/mol. The predicted octanol–water partition coefficient (Wildman–Crippen LogP) is 1.94. The van der Waals surface area contributed by atoms with Gasteiger partial charge in [-0.3, -0.25) is 10.0 Å². The predicted molar refractivity (Wildman–Crippen MR) is 54.6 cm³/mol. The molecular weight excluding hydrogens is 178 g/mol. The van der Waals surface area contributed by atoms with Crippen molar-refractivity contribution < 1.29 is 10.0 Å². The van der Waals surface area contributed by atoms with Crippen molar-refractivity contribution in [1.29, 1.82) is 0 Å². The largest absolute Gasteiger partial charge is 0.286 e. The summed E-state index contributed by atoms with van der Waals surface area (Å²) in [6.45, 7) is 1.99. The van der Waals surface area contributed by atoms with Crippen molar-refractivity contribution in [1.82, 2.24) is 5.06 Å². The minimum Gasteiger partial charge on any atom is -0.286 e. The summed E-state index contributed by atoms with van der Waals surface area (Å²) in [4.78, 5) is 11.1. The van der Waals surface area contributed by atoms with Crippen molar-refractivity contribution in [3.8, 4) is 0 Å². The standard InChI is InChI=1S/C11H13NO2/c1-2-12(14)11(13)9-8-10-6-4-3-5-7-10/h3-9,14H,2H2,1H3/b9-8+. The third-order valence-corrected chi connectivity index (χ3v) is 1.77. The monoisotopic (exact) mass is 191 g/mol. The van der Waals surface area contributed by atoms with Gasteiger partial charge in [0.25, 0.3) is 5.91 Å². The van der Waals surface area contributed by atoms with E-state index in [1.54, 1.807) is 13.0 Å². The lowest BCUT2D eigenvalue weighted by molar-refractivity contribution is -0.158. The molecule has 0 aliphatic carbocycles. The van der Waals surface area contributed by atoms with Gasteiger partial charge >= 0.3 is 0 Å². The lowest BCUT2D eigenvalue weighted by atomic mass is 10.2. The van der Waals surface area contributed by atoms with E-state index in [0.717, 1.165) is 5.56 Å². The van der Waals surface area contributed by atoms with Crippen LogP contribution in [0, 0.1) is 0 Å². The number of hydrogen-bond donors (Lipinski definition) is 1. The molecule has 1 amide bonds. The maximum atomic E-state index is 11.1. The quantitative estimate of drug-likeness (QED) is 0.450. The van der Waals surface area contributed by atoms with Crippen LogP contribution in [-0.2, 0) is 4.79 Å². The smallest absolute Gasteiger partial charge is 0.269 e. The topological polar surface area (TPSA) is 40.5 Å². The fourth-order valence-corrected chi connectivity index (χ4v) is 0.974. The zero-order valence-electron chi connectivity index (χ0n) is 8.05. The zero-order valence-corrected chi connectivity index (χ0v) is 8.05. The number of benzene rings is 1. The van der Waals surface area contributed by atoms with Gasteiger partial charge in [-0.2, -0.15) is 0 Å². The number of carbonyl (C=O) groups excluding carboxylic acids is 1. The molecule has 1 aromatic carbocycles. The van der Waals surface area contributed by atoms with Gasteiger partial charge in [-0.05, 0) is 18.6 Å². The van der Waals surface area contributed by atoms with E-state index in [-0.39, 0.29) is 6.54 Å². The van der Waals surface area contributed by atoms with E-state index < -0.39 is 5.91 Å². The highest BCUT2D eigenvalue weighted by Crippen LogP contribution is 2.01. The van der Waals surface area contributed by atoms with Gasteiger partial charge in [0.15, 0.2) is 0 Å². The molecule has 0 spiro atoms. The Balaban J connectivity index is 2.61. The van der Waals surface area contributed by atoms with E-state index in [0.29, 0.717) is 5.06 Å². The number of rotatable bonds is 3. The van der Waals surface area contributed by atoms with Gasteiger partial charge in [-0.1, -0.05) is 30.3 Å². The molecule has 1 N–H and O–H groups in total. The Labute approximate surface area is 83.2 Å². The van der Waals surface area contributed by atoms with Crippen molar-refractivity contribution in [2.45, 2.75) is 6.92 Å². The van der Waals surface area contributed by atoms with Crippen LogP contribution >= 0.6 is 0 Å². The second kappa shape index (κ2) is 5.19. The van der Waals surface area contributed by atoms with Gasteiger partial charge in [-0.25, -0.2) is 5.06 Å². The number of hydrogen-bond acceptors (Lipinski definition) is 2. The molecule has 0 heterocycles. The molecule has 0 radical (unpaired) electrons. The summed E-state index contributed by atoms with van der Waals surface area (Å²) in [5, 5.41) is 9.70. The molecule has 0 aliphatic rings. The van der Waals surface area contributed by atoms with E-state index >= 15 is 0 Å². The first-order chi connectivity index (χ1) is 6.74. The Morgan fingerprint density at radius 3 is 2.64 bits per heavy atom. The minimum absolute atomic E-state index is 0.290. The average Bonchev–Trinajstić information content (AvgIpc) is 2.26. The summed E-state index contributed by atoms with van der Waals surface area (Å²) < 4.78 is 0. The van der Waals surface area contributed by atoms with Crippen molar-refractivity contribution in [3.05, 3.63) is 42.0 Å². The van der Waals surface area contributed by atoms with Crippen molar-refractivity contribution in [3.63, 3.8) is 0 Å². The minimum atomic E-state index is -0.406. The van der Waals surface area contributed by atoms with E-state index in [4.69, 9.17) is 5.21 Å². The van der Waals surface area contributed by atoms with Crippen LogP contribution < -0.4 is 0 Å². The molecule has 0 saturated heterocycles. The summed E-state index contributed by atoms with van der Waals surface area (Å²) in [5.41, 5.74) is 0.936. The molecule has 0 fully saturated rings. The Kier molecular flexibility index (Phi) is 3.88. The molecule has 0 unspecified atom stereocenters. The molecule has 1 aromatic rings. The summed E-state index contributed by atoms with van der Waals surface area (Å²) in [6.07, 6.45) is 3.01. The van der Waals surface area contributed by atoms with Gasteiger partial charge < -0.3 is 0 Å². The number of nitrogens with zero attached hydrogens (tertiary/aromatic N) is 1. The highest BCUT2D eigenvalue weighted by atomic mass is 16.5. The van der Waals surface area contributed by atoms with Crippen LogP contribution in [0.3, 0.4) is 0 Å². The van der Waals surface area contributed by atoms with E-state index in [2.05, 4.69) is 0 Å². The Morgan fingerprint density at radius 2 is 2.07 bits per heavy atom. The highest BCUT2D eigenvalue weighted by molar-refractivity contribution is 5.90. The van der Waals surface area contributed by atoms with E-state index in [1.807, 2.05) is 30.3 Å². The fourth-order valence-electron chi connectivity index (χ4n) is 0.974.